The number of hydrogen-bond donors (Lipinski definition) is 0. The average Bonchev–Trinajstić information content (AvgIpc) is 2.62. The van der Waals surface area contributed by atoms with Gasteiger partial charge in [0.25, 0.3) is 5.91 Å². The summed E-state index contributed by atoms with van der Waals surface area (Å²) in [6.07, 6.45) is 3.33. The lowest BCUT2D eigenvalue weighted by Crippen LogP contribution is -2.42. The number of likely N-dealkylation sites (tertiary alicyclic amines) is 1. The first-order valence-electron chi connectivity index (χ1n) is 8.17. The van der Waals surface area contributed by atoms with Gasteiger partial charge in [0.05, 0.1) is 0 Å². The number of amides is 1. The van der Waals surface area contributed by atoms with E-state index in [1.54, 1.807) is 36.4 Å². The van der Waals surface area contributed by atoms with Crippen LogP contribution in [0.3, 0.4) is 0 Å². The molecule has 0 saturated carbocycles. The molecule has 1 aliphatic rings. The number of piperidine rings is 1. The largest absolute Gasteiger partial charge is 0.336 e. The Bertz CT molecular complexity index is 691. The highest BCUT2D eigenvalue weighted by Crippen LogP contribution is 2.20. The van der Waals surface area contributed by atoms with E-state index in [0.29, 0.717) is 22.7 Å². The fraction of sp³-hybridized carbons (Fsp3) is 0.300. The molecule has 0 aliphatic carbocycles. The summed E-state index contributed by atoms with van der Waals surface area (Å²) in [6, 6.07) is 16.5. The lowest BCUT2D eigenvalue weighted by Gasteiger charge is -2.33. The first kappa shape index (κ1) is 15.5. The summed E-state index contributed by atoms with van der Waals surface area (Å²) in [5.74, 6) is 0.0480. The van der Waals surface area contributed by atoms with Crippen LogP contribution in [0.4, 0.5) is 0 Å². The molecule has 0 bridgehead atoms. The maximum atomic E-state index is 12.6. The molecule has 1 heterocycles. The Morgan fingerprint density at radius 3 is 2.13 bits per heavy atom. The van der Waals surface area contributed by atoms with E-state index in [0.717, 1.165) is 19.4 Å². The number of ketones is 1. The maximum Gasteiger partial charge on any atom is 0.254 e. The van der Waals surface area contributed by atoms with Crippen LogP contribution in [-0.2, 0) is 0 Å². The Labute approximate surface area is 136 Å². The molecule has 0 unspecified atom stereocenters. The number of rotatable bonds is 3. The number of carbonyl (C=O) groups excluding carboxylic acids is 2. The number of benzene rings is 2. The van der Waals surface area contributed by atoms with Gasteiger partial charge in [0.1, 0.15) is 0 Å². The Morgan fingerprint density at radius 2 is 1.48 bits per heavy atom. The predicted octanol–water partition coefficient (Wildman–Crippen LogP) is 3.93. The van der Waals surface area contributed by atoms with Crippen molar-refractivity contribution in [1.29, 1.82) is 0 Å². The van der Waals surface area contributed by atoms with E-state index < -0.39 is 0 Å². The molecule has 3 rings (SSSR count). The SMILES string of the molecule is C[C@H]1CCCCN1C(=O)c1ccc(C(=O)c2ccccc2)cc1. The molecule has 0 spiro atoms. The molecule has 2 aromatic rings. The van der Waals surface area contributed by atoms with Gasteiger partial charge in [0.15, 0.2) is 5.78 Å². The van der Waals surface area contributed by atoms with Gasteiger partial charge < -0.3 is 4.90 Å². The van der Waals surface area contributed by atoms with Crippen molar-refractivity contribution in [2.24, 2.45) is 0 Å². The fourth-order valence-electron chi connectivity index (χ4n) is 3.09. The van der Waals surface area contributed by atoms with E-state index in [1.807, 2.05) is 23.1 Å². The highest BCUT2D eigenvalue weighted by molar-refractivity contribution is 6.09. The molecule has 0 radical (unpaired) electrons. The van der Waals surface area contributed by atoms with Crippen LogP contribution in [0.15, 0.2) is 54.6 Å². The van der Waals surface area contributed by atoms with Crippen LogP contribution in [0.1, 0.15) is 52.5 Å². The molecule has 3 heteroatoms. The van der Waals surface area contributed by atoms with Gasteiger partial charge in [-0.3, -0.25) is 9.59 Å². The zero-order valence-electron chi connectivity index (χ0n) is 13.4. The van der Waals surface area contributed by atoms with Crippen LogP contribution in [-0.4, -0.2) is 29.2 Å². The summed E-state index contributed by atoms with van der Waals surface area (Å²) < 4.78 is 0. The fourth-order valence-corrected chi connectivity index (χ4v) is 3.09. The highest BCUT2D eigenvalue weighted by Gasteiger charge is 2.24. The molecule has 0 N–H and O–H groups in total. The van der Waals surface area contributed by atoms with Gasteiger partial charge in [-0.15, -0.1) is 0 Å². The molecule has 0 aromatic heterocycles. The minimum atomic E-state index is -0.0176. The molecule has 1 saturated heterocycles. The molecule has 3 nitrogen and oxygen atoms in total. The van der Waals surface area contributed by atoms with Gasteiger partial charge in [-0.25, -0.2) is 0 Å². The molecule has 1 atom stereocenters. The zero-order chi connectivity index (χ0) is 16.2. The molecule has 1 amide bonds. The Kier molecular flexibility index (Phi) is 4.56. The van der Waals surface area contributed by atoms with Gasteiger partial charge in [-0.1, -0.05) is 42.5 Å². The first-order chi connectivity index (χ1) is 11.2. The second-order valence-electron chi connectivity index (χ2n) is 6.12. The van der Waals surface area contributed by atoms with Crippen LogP contribution in [0.25, 0.3) is 0 Å². The van der Waals surface area contributed by atoms with Crippen molar-refractivity contribution in [3.05, 3.63) is 71.3 Å². The maximum absolute atomic E-state index is 12.6. The summed E-state index contributed by atoms with van der Waals surface area (Å²) in [6.45, 7) is 2.93. The Morgan fingerprint density at radius 1 is 0.870 bits per heavy atom. The number of carbonyl (C=O) groups is 2. The van der Waals surface area contributed by atoms with Crippen LogP contribution < -0.4 is 0 Å². The topological polar surface area (TPSA) is 37.4 Å². The highest BCUT2D eigenvalue weighted by atomic mass is 16.2. The minimum absolute atomic E-state index is 0.0176. The van der Waals surface area contributed by atoms with E-state index in [4.69, 9.17) is 0 Å². The Hall–Kier alpha value is -2.42. The quantitative estimate of drug-likeness (QED) is 0.806. The third-order valence-corrected chi connectivity index (χ3v) is 4.49. The van der Waals surface area contributed by atoms with Crippen molar-refractivity contribution < 1.29 is 9.59 Å². The van der Waals surface area contributed by atoms with Crippen molar-refractivity contribution in [2.75, 3.05) is 6.54 Å². The second-order valence-corrected chi connectivity index (χ2v) is 6.12. The zero-order valence-corrected chi connectivity index (χ0v) is 13.4. The normalized spacial score (nSPS) is 17.8. The van der Waals surface area contributed by atoms with Gasteiger partial charge >= 0.3 is 0 Å². The monoisotopic (exact) mass is 307 g/mol. The summed E-state index contributed by atoms with van der Waals surface area (Å²) in [5, 5.41) is 0. The second kappa shape index (κ2) is 6.78. The van der Waals surface area contributed by atoms with E-state index in [-0.39, 0.29) is 11.7 Å². The van der Waals surface area contributed by atoms with E-state index >= 15 is 0 Å². The first-order valence-corrected chi connectivity index (χ1v) is 8.17. The van der Waals surface area contributed by atoms with Crippen LogP contribution >= 0.6 is 0 Å². The molecule has 23 heavy (non-hydrogen) atoms. The third-order valence-electron chi connectivity index (χ3n) is 4.49. The van der Waals surface area contributed by atoms with Gasteiger partial charge in [0.2, 0.25) is 0 Å². The number of nitrogens with zero attached hydrogens (tertiary/aromatic N) is 1. The molecule has 1 fully saturated rings. The standard InChI is InChI=1S/C20H21NO2/c1-15-7-5-6-14-21(15)20(23)18-12-10-17(11-13-18)19(22)16-8-3-2-4-9-16/h2-4,8-13,15H,5-7,14H2,1H3/t15-/m0/s1. The van der Waals surface area contributed by atoms with E-state index in [2.05, 4.69) is 6.92 Å². The molecular weight excluding hydrogens is 286 g/mol. The minimum Gasteiger partial charge on any atom is -0.336 e. The van der Waals surface area contributed by atoms with Crippen molar-refractivity contribution >= 4 is 11.7 Å². The van der Waals surface area contributed by atoms with Gasteiger partial charge in [-0.05, 0) is 38.3 Å². The summed E-state index contributed by atoms with van der Waals surface area (Å²) >= 11 is 0. The summed E-state index contributed by atoms with van der Waals surface area (Å²) in [7, 11) is 0. The smallest absolute Gasteiger partial charge is 0.254 e. The van der Waals surface area contributed by atoms with Crippen LogP contribution in [0.5, 0.6) is 0 Å². The molecule has 118 valence electrons. The predicted molar refractivity (Wildman–Crippen MR) is 90.7 cm³/mol. The van der Waals surface area contributed by atoms with Gasteiger partial charge in [0, 0.05) is 29.3 Å². The van der Waals surface area contributed by atoms with Crippen molar-refractivity contribution in [3.8, 4) is 0 Å². The van der Waals surface area contributed by atoms with Crippen LogP contribution in [0, 0.1) is 0 Å². The lowest BCUT2D eigenvalue weighted by molar-refractivity contribution is 0.0635. The van der Waals surface area contributed by atoms with Gasteiger partial charge in [-0.2, -0.15) is 0 Å². The van der Waals surface area contributed by atoms with E-state index in [1.165, 1.54) is 6.42 Å². The average molecular weight is 307 g/mol. The summed E-state index contributed by atoms with van der Waals surface area (Å²) in [4.78, 5) is 26.9. The molecular formula is C20H21NO2. The molecule has 1 aliphatic heterocycles. The van der Waals surface area contributed by atoms with Crippen molar-refractivity contribution in [3.63, 3.8) is 0 Å². The van der Waals surface area contributed by atoms with Crippen LogP contribution in [0.2, 0.25) is 0 Å². The third kappa shape index (κ3) is 3.34. The Balaban J connectivity index is 1.77. The van der Waals surface area contributed by atoms with Crippen molar-refractivity contribution in [2.45, 2.75) is 32.2 Å². The van der Waals surface area contributed by atoms with Crippen molar-refractivity contribution in [1.82, 2.24) is 4.90 Å². The summed E-state index contributed by atoms with van der Waals surface area (Å²) in [5.41, 5.74) is 1.93. The van der Waals surface area contributed by atoms with E-state index in [9.17, 15) is 9.59 Å². The lowest BCUT2D eigenvalue weighted by atomic mass is 10.00. The molecule has 2 aromatic carbocycles. The number of hydrogen-bond acceptors (Lipinski definition) is 2.